The van der Waals surface area contributed by atoms with E-state index in [4.69, 9.17) is 11.6 Å². The summed E-state index contributed by atoms with van der Waals surface area (Å²) in [5, 5.41) is 13.9. The molecule has 1 heterocycles. The second kappa shape index (κ2) is 9.73. The van der Waals surface area contributed by atoms with E-state index in [1.165, 1.54) is 22.5 Å². The number of halogens is 1. The first-order chi connectivity index (χ1) is 14.7. The third-order valence-corrected chi connectivity index (χ3v) is 7.62. The molecule has 0 bridgehead atoms. The molecule has 0 unspecified atom stereocenters. The van der Waals surface area contributed by atoms with Gasteiger partial charge in [-0.15, -0.1) is 0 Å². The summed E-state index contributed by atoms with van der Waals surface area (Å²) < 4.78 is 27.0. The van der Waals surface area contributed by atoms with E-state index in [1.807, 2.05) is 4.90 Å². The van der Waals surface area contributed by atoms with Crippen LogP contribution in [0.3, 0.4) is 0 Å². The summed E-state index contributed by atoms with van der Waals surface area (Å²) in [6.45, 7) is 3.64. The minimum absolute atomic E-state index is 0.0475. The van der Waals surface area contributed by atoms with Crippen molar-refractivity contribution in [3.05, 3.63) is 63.2 Å². The Morgan fingerprint density at radius 3 is 2.45 bits per heavy atom. The van der Waals surface area contributed by atoms with Crippen molar-refractivity contribution in [1.82, 2.24) is 9.21 Å². The van der Waals surface area contributed by atoms with Gasteiger partial charge in [0.05, 0.1) is 21.2 Å². The first kappa shape index (κ1) is 23.1. The van der Waals surface area contributed by atoms with Gasteiger partial charge in [-0.1, -0.05) is 29.8 Å². The van der Waals surface area contributed by atoms with Crippen LogP contribution < -0.4 is 5.32 Å². The molecule has 3 rings (SSSR count). The van der Waals surface area contributed by atoms with Crippen molar-refractivity contribution < 1.29 is 18.1 Å². The number of rotatable bonds is 7. The number of carbonyl (C=O) groups is 1. The van der Waals surface area contributed by atoms with E-state index in [-0.39, 0.29) is 27.9 Å². The number of anilines is 1. The van der Waals surface area contributed by atoms with Crippen LogP contribution in [-0.2, 0) is 14.8 Å². The second-order valence-corrected chi connectivity index (χ2v) is 9.49. The summed E-state index contributed by atoms with van der Waals surface area (Å²) in [6.07, 6.45) is 0.194. The number of hydrogen-bond acceptors (Lipinski definition) is 6. The van der Waals surface area contributed by atoms with Gasteiger partial charge in [0.1, 0.15) is 4.90 Å². The van der Waals surface area contributed by atoms with Crippen molar-refractivity contribution in [3.63, 3.8) is 0 Å². The minimum Gasteiger partial charge on any atom is -0.326 e. The van der Waals surface area contributed by atoms with E-state index in [0.717, 1.165) is 0 Å². The predicted molar refractivity (Wildman–Crippen MR) is 118 cm³/mol. The van der Waals surface area contributed by atoms with Crippen LogP contribution in [0.25, 0.3) is 0 Å². The maximum Gasteiger partial charge on any atom is 0.274 e. The molecule has 0 atom stereocenters. The lowest BCUT2D eigenvalue weighted by Crippen LogP contribution is -2.49. The molecule has 166 valence electrons. The molecule has 1 saturated heterocycles. The molecule has 2 aromatic rings. The van der Waals surface area contributed by atoms with Crippen LogP contribution in [0.5, 0.6) is 0 Å². The lowest BCUT2D eigenvalue weighted by Gasteiger charge is -2.34. The molecule has 1 fully saturated rings. The molecule has 2 aromatic carbocycles. The number of nitro groups is 1. The lowest BCUT2D eigenvalue weighted by molar-refractivity contribution is -0.385. The molecule has 1 amide bonds. The summed E-state index contributed by atoms with van der Waals surface area (Å²) >= 11 is 6.05. The Bertz CT molecular complexity index is 1080. The number of nitrogens with one attached hydrogen (secondary N) is 1. The zero-order chi connectivity index (χ0) is 22.6. The number of piperazine rings is 1. The van der Waals surface area contributed by atoms with Crippen molar-refractivity contribution in [1.29, 1.82) is 0 Å². The number of carbonyl (C=O) groups excluding carboxylic acids is 1. The number of hydrogen-bond donors (Lipinski definition) is 1. The molecule has 0 spiro atoms. The number of amides is 1. The number of sulfonamides is 1. The monoisotopic (exact) mass is 466 g/mol. The fraction of sp³-hybridized carbons (Fsp3) is 0.350. The Morgan fingerprint density at radius 2 is 1.81 bits per heavy atom. The first-order valence-corrected chi connectivity index (χ1v) is 11.5. The first-order valence-electron chi connectivity index (χ1n) is 9.71. The summed E-state index contributed by atoms with van der Waals surface area (Å²) in [6, 6.07) is 10.9. The SMILES string of the molecule is Cc1c(NC(=O)CCN2CCN(S(=O)(=O)c3ccccc3Cl)CC2)cccc1[N+](=O)[O-]. The largest absolute Gasteiger partial charge is 0.326 e. The predicted octanol–water partition coefficient (Wildman–Crippen LogP) is 2.89. The maximum absolute atomic E-state index is 12.8. The Kier molecular flexibility index (Phi) is 7.26. The maximum atomic E-state index is 12.8. The molecule has 31 heavy (non-hydrogen) atoms. The van der Waals surface area contributed by atoms with E-state index in [1.54, 1.807) is 31.2 Å². The highest BCUT2D eigenvalue weighted by Gasteiger charge is 2.30. The fourth-order valence-corrected chi connectivity index (χ4v) is 5.33. The van der Waals surface area contributed by atoms with Crippen molar-refractivity contribution in [3.8, 4) is 0 Å². The topological polar surface area (TPSA) is 113 Å². The summed E-state index contributed by atoms with van der Waals surface area (Å²) in [4.78, 5) is 25.0. The Labute approximate surface area is 185 Å². The van der Waals surface area contributed by atoms with Gasteiger partial charge in [-0.3, -0.25) is 14.9 Å². The minimum atomic E-state index is -3.66. The number of nitro benzene ring substituents is 1. The van der Waals surface area contributed by atoms with Gasteiger partial charge in [-0.2, -0.15) is 4.31 Å². The molecule has 0 aromatic heterocycles. The molecule has 0 radical (unpaired) electrons. The van der Waals surface area contributed by atoms with E-state index in [0.29, 0.717) is 44.0 Å². The van der Waals surface area contributed by atoms with Gasteiger partial charge in [0.2, 0.25) is 15.9 Å². The highest BCUT2D eigenvalue weighted by Crippen LogP contribution is 2.26. The number of nitrogens with zero attached hydrogens (tertiary/aromatic N) is 3. The Balaban J connectivity index is 1.52. The highest BCUT2D eigenvalue weighted by molar-refractivity contribution is 7.89. The van der Waals surface area contributed by atoms with Gasteiger partial charge < -0.3 is 10.2 Å². The molecule has 1 N–H and O–H groups in total. The zero-order valence-corrected chi connectivity index (χ0v) is 18.5. The van der Waals surface area contributed by atoms with Crippen LogP contribution in [0, 0.1) is 17.0 Å². The van der Waals surface area contributed by atoms with Gasteiger partial charge in [0, 0.05) is 45.2 Å². The van der Waals surface area contributed by atoms with Crippen molar-refractivity contribution in [2.24, 2.45) is 0 Å². The second-order valence-electron chi connectivity index (χ2n) is 7.18. The zero-order valence-electron chi connectivity index (χ0n) is 17.0. The van der Waals surface area contributed by atoms with E-state index in [9.17, 15) is 23.3 Å². The van der Waals surface area contributed by atoms with Gasteiger partial charge in [-0.25, -0.2) is 8.42 Å². The van der Waals surface area contributed by atoms with Crippen LogP contribution in [0.1, 0.15) is 12.0 Å². The van der Waals surface area contributed by atoms with Crippen molar-refractivity contribution in [2.45, 2.75) is 18.2 Å². The molecule has 0 saturated carbocycles. The molecular weight excluding hydrogens is 444 g/mol. The molecule has 11 heteroatoms. The van der Waals surface area contributed by atoms with Crippen LogP contribution in [0.2, 0.25) is 5.02 Å². The lowest BCUT2D eigenvalue weighted by atomic mass is 10.1. The van der Waals surface area contributed by atoms with Crippen molar-refractivity contribution >= 4 is 38.9 Å². The highest BCUT2D eigenvalue weighted by atomic mass is 35.5. The fourth-order valence-electron chi connectivity index (χ4n) is 3.42. The third-order valence-electron chi connectivity index (χ3n) is 5.22. The van der Waals surface area contributed by atoms with Gasteiger partial charge >= 0.3 is 0 Å². The van der Waals surface area contributed by atoms with Crippen molar-refractivity contribution in [2.75, 3.05) is 38.0 Å². The standard InChI is InChI=1S/C20H23ClN4O5S/c1-15-17(6-4-7-18(15)25(27)28)22-20(26)9-10-23-11-13-24(14-12-23)31(29,30)19-8-3-2-5-16(19)21/h2-8H,9-14H2,1H3,(H,22,26). The smallest absolute Gasteiger partial charge is 0.274 e. The van der Waals surface area contributed by atoms with E-state index >= 15 is 0 Å². The number of benzene rings is 2. The average Bonchev–Trinajstić information content (AvgIpc) is 2.74. The van der Waals surface area contributed by atoms with Crippen LogP contribution in [0.15, 0.2) is 47.4 Å². The average molecular weight is 467 g/mol. The van der Waals surface area contributed by atoms with Gasteiger partial charge in [0.25, 0.3) is 5.69 Å². The summed E-state index contributed by atoms with van der Waals surface area (Å²) in [5.74, 6) is -0.255. The Morgan fingerprint density at radius 1 is 1.13 bits per heavy atom. The molecule has 1 aliphatic heterocycles. The van der Waals surface area contributed by atoms with E-state index in [2.05, 4.69) is 5.32 Å². The Hall–Kier alpha value is -2.53. The quantitative estimate of drug-likeness (QED) is 0.496. The van der Waals surface area contributed by atoms with Gasteiger partial charge in [-0.05, 0) is 25.1 Å². The van der Waals surface area contributed by atoms with Gasteiger partial charge in [0.15, 0.2) is 0 Å². The summed E-state index contributed by atoms with van der Waals surface area (Å²) in [7, 11) is -3.66. The molecule has 9 nitrogen and oxygen atoms in total. The summed E-state index contributed by atoms with van der Waals surface area (Å²) in [5.41, 5.74) is 0.766. The normalized spacial score (nSPS) is 15.5. The third kappa shape index (κ3) is 5.40. The van der Waals surface area contributed by atoms with Crippen LogP contribution >= 0.6 is 11.6 Å². The molecular formula is C20H23ClN4O5S. The van der Waals surface area contributed by atoms with E-state index < -0.39 is 14.9 Å². The molecule has 0 aliphatic carbocycles. The van der Waals surface area contributed by atoms with Crippen LogP contribution in [0.4, 0.5) is 11.4 Å². The molecule has 1 aliphatic rings. The van der Waals surface area contributed by atoms with Crippen LogP contribution in [-0.4, -0.2) is 61.2 Å².